The minimum Gasteiger partial charge on any atom is -0.423 e. The Morgan fingerprint density at radius 2 is 2.00 bits per heavy atom. The maximum Gasteiger partial charge on any atom is 0.336 e. The molecule has 1 fully saturated rings. The maximum atomic E-state index is 11.8. The van der Waals surface area contributed by atoms with Crippen molar-refractivity contribution in [1.82, 2.24) is 5.32 Å². The number of hydrogen-bond acceptors (Lipinski definition) is 5. The van der Waals surface area contributed by atoms with Crippen LogP contribution in [0.1, 0.15) is 12.0 Å². The third kappa shape index (κ3) is 2.83. The second-order valence-corrected chi connectivity index (χ2v) is 8.46. The van der Waals surface area contributed by atoms with Gasteiger partial charge >= 0.3 is 5.63 Å². The second kappa shape index (κ2) is 5.72. The second-order valence-electron chi connectivity index (χ2n) is 6.23. The van der Waals surface area contributed by atoms with Crippen LogP contribution >= 0.6 is 0 Å². The Bertz CT molecular complexity index is 1090. The first kappa shape index (κ1) is 15.4. The van der Waals surface area contributed by atoms with E-state index in [1.54, 1.807) is 0 Å². The van der Waals surface area contributed by atoms with Gasteiger partial charge in [0.05, 0.1) is 11.5 Å². The maximum absolute atomic E-state index is 11.8. The highest BCUT2D eigenvalue weighted by Crippen LogP contribution is 2.27. The van der Waals surface area contributed by atoms with E-state index in [9.17, 15) is 13.2 Å². The Kier molecular flexibility index (Phi) is 3.66. The molecule has 0 unspecified atom stereocenters. The monoisotopic (exact) mass is 343 g/mol. The van der Waals surface area contributed by atoms with Crippen LogP contribution in [0.3, 0.4) is 0 Å². The summed E-state index contributed by atoms with van der Waals surface area (Å²) in [7, 11) is -2.93. The predicted octanol–water partition coefficient (Wildman–Crippen LogP) is 2.22. The van der Waals surface area contributed by atoms with Crippen molar-refractivity contribution in [2.24, 2.45) is 0 Å². The summed E-state index contributed by atoms with van der Waals surface area (Å²) in [5, 5.41) is 6.28. The highest BCUT2D eigenvalue weighted by molar-refractivity contribution is 7.91. The Morgan fingerprint density at radius 3 is 2.79 bits per heavy atom. The van der Waals surface area contributed by atoms with E-state index in [1.807, 2.05) is 36.4 Å². The van der Waals surface area contributed by atoms with Gasteiger partial charge in [0.2, 0.25) is 0 Å². The van der Waals surface area contributed by atoms with Crippen LogP contribution in [0.2, 0.25) is 0 Å². The molecular weight excluding hydrogens is 326 g/mol. The first-order valence-electron chi connectivity index (χ1n) is 7.90. The number of hydrogen-bond donors (Lipinski definition) is 1. The number of sulfone groups is 1. The topological polar surface area (TPSA) is 76.4 Å². The SMILES string of the molecule is O=c1cc(CN[C@@H]2CCS(=O)(=O)C2)c2c(ccc3ccccc32)o1. The van der Waals surface area contributed by atoms with E-state index in [0.717, 1.165) is 21.7 Å². The average molecular weight is 343 g/mol. The van der Waals surface area contributed by atoms with Crippen molar-refractivity contribution >= 4 is 31.6 Å². The summed E-state index contributed by atoms with van der Waals surface area (Å²) in [5.41, 5.74) is 0.994. The molecule has 1 aliphatic rings. The largest absolute Gasteiger partial charge is 0.423 e. The summed E-state index contributed by atoms with van der Waals surface area (Å²) >= 11 is 0. The molecule has 0 radical (unpaired) electrons. The van der Waals surface area contributed by atoms with Gasteiger partial charge < -0.3 is 9.73 Å². The zero-order valence-corrected chi connectivity index (χ0v) is 13.8. The molecule has 5 nitrogen and oxygen atoms in total. The summed E-state index contributed by atoms with van der Waals surface area (Å²) in [6.45, 7) is 0.441. The van der Waals surface area contributed by atoms with Crippen molar-refractivity contribution in [3.05, 3.63) is 58.4 Å². The predicted molar refractivity (Wildman–Crippen MR) is 93.9 cm³/mol. The third-order valence-corrected chi connectivity index (χ3v) is 6.30. The van der Waals surface area contributed by atoms with Crippen molar-refractivity contribution in [1.29, 1.82) is 0 Å². The first-order chi connectivity index (χ1) is 11.5. The fraction of sp³-hybridized carbons (Fsp3) is 0.278. The summed E-state index contributed by atoms with van der Waals surface area (Å²) in [6.07, 6.45) is 0.614. The molecule has 1 N–H and O–H groups in total. The smallest absolute Gasteiger partial charge is 0.336 e. The molecule has 4 rings (SSSR count). The van der Waals surface area contributed by atoms with Crippen molar-refractivity contribution < 1.29 is 12.8 Å². The molecule has 0 aliphatic carbocycles. The van der Waals surface area contributed by atoms with Crippen LogP contribution in [0.5, 0.6) is 0 Å². The lowest BCUT2D eigenvalue weighted by molar-refractivity contribution is 0.540. The van der Waals surface area contributed by atoms with Gasteiger partial charge in [-0.1, -0.05) is 30.3 Å². The number of nitrogens with one attached hydrogen (secondary N) is 1. The molecule has 1 saturated heterocycles. The molecule has 3 aromatic rings. The Balaban J connectivity index is 1.76. The fourth-order valence-corrected chi connectivity index (χ4v) is 5.08. The van der Waals surface area contributed by atoms with Crippen molar-refractivity contribution in [2.75, 3.05) is 11.5 Å². The summed E-state index contributed by atoms with van der Waals surface area (Å²) in [5.74, 6) is 0.387. The lowest BCUT2D eigenvalue weighted by Gasteiger charge is -2.13. The van der Waals surface area contributed by atoms with E-state index in [0.29, 0.717) is 18.5 Å². The number of benzene rings is 2. The standard InChI is InChI=1S/C18H17NO4S/c20-17-9-13(10-19-14-7-8-24(21,22)11-14)18-15-4-2-1-3-12(15)5-6-16(18)23-17/h1-6,9,14,19H,7-8,10-11H2/t14-/m1/s1. The van der Waals surface area contributed by atoms with Gasteiger partial charge in [0, 0.05) is 24.0 Å². The van der Waals surface area contributed by atoms with E-state index < -0.39 is 15.5 Å². The van der Waals surface area contributed by atoms with Crippen LogP contribution in [-0.2, 0) is 16.4 Å². The molecule has 0 amide bonds. The molecule has 0 spiro atoms. The quantitative estimate of drug-likeness (QED) is 0.583. The Labute approximate surface area is 139 Å². The zero-order valence-electron chi connectivity index (χ0n) is 13.0. The third-order valence-electron chi connectivity index (χ3n) is 4.53. The van der Waals surface area contributed by atoms with Crippen LogP contribution in [-0.4, -0.2) is 26.0 Å². The van der Waals surface area contributed by atoms with Gasteiger partial charge in [-0.3, -0.25) is 0 Å². The van der Waals surface area contributed by atoms with E-state index >= 15 is 0 Å². The number of rotatable bonds is 3. The molecule has 1 atom stereocenters. The first-order valence-corrected chi connectivity index (χ1v) is 9.72. The molecule has 1 aromatic heterocycles. The summed E-state index contributed by atoms with van der Waals surface area (Å²) in [4.78, 5) is 11.8. The van der Waals surface area contributed by atoms with E-state index in [4.69, 9.17) is 4.42 Å². The van der Waals surface area contributed by atoms with E-state index in [-0.39, 0.29) is 17.5 Å². The minimum absolute atomic E-state index is 0.0627. The van der Waals surface area contributed by atoms with Gasteiger partial charge in [-0.2, -0.15) is 0 Å². The van der Waals surface area contributed by atoms with Gasteiger partial charge in [0.15, 0.2) is 9.84 Å². The molecular formula is C18H17NO4S. The van der Waals surface area contributed by atoms with Gasteiger partial charge in [0.1, 0.15) is 5.58 Å². The number of fused-ring (bicyclic) bond motifs is 3. The fourth-order valence-electron chi connectivity index (χ4n) is 3.37. The van der Waals surface area contributed by atoms with Gasteiger partial charge in [-0.05, 0) is 28.8 Å². The molecule has 2 aromatic carbocycles. The molecule has 6 heteroatoms. The minimum atomic E-state index is -2.93. The molecule has 24 heavy (non-hydrogen) atoms. The Morgan fingerprint density at radius 1 is 1.17 bits per heavy atom. The Hall–Kier alpha value is -2.18. The van der Waals surface area contributed by atoms with Crippen LogP contribution < -0.4 is 10.9 Å². The highest BCUT2D eigenvalue weighted by atomic mass is 32.2. The van der Waals surface area contributed by atoms with Crippen LogP contribution in [0.25, 0.3) is 21.7 Å². The molecule has 1 aliphatic heterocycles. The van der Waals surface area contributed by atoms with Crippen LogP contribution in [0.15, 0.2) is 51.7 Å². The van der Waals surface area contributed by atoms with Crippen LogP contribution in [0.4, 0.5) is 0 Å². The molecule has 0 bridgehead atoms. The normalized spacial score (nSPS) is 19.9. The van der Waals surface area contributed by atoms with Gasteiger partial charge in [-0.15, -0.1) is 0 Å². The lowest BCUT2D eigenvalue weighted by atomic mass is 10.0. The molecule has 124 valence electrons. The van der Waals surface area contributed by atoms with Crippen LogP contribution in [0, 0.1) is 0 Å². The van der Waals surface area contributed by atoms with Crippen molar-refractivity contribution in [3.8, 4) is 0 Å². The highest BCUT2D eigenvalue weighted by Gasteiger charge is 2.27. The zero-order chi connectivity index (χ0) is 16.7. The lowest BCUT2D eigenvalue weighted by Crippen LogP contribution is -2.29. The molecule has 2 heterocycles. The average Bonchev–Trinajstić information content (AvgIpc) is 2.91. The van der Waals surface area contributed by atoms with E-state index in [1.165, 1.54) is 6.07 Å². The van der Waals surface area contributed by atoms with Crippen molar-refractivity contribution in [3.63, 3.8) is 0 Å². The summed E-state index contributed by atoms with van der Waals surface area (Å²) < 4.78 is 28.5. The molecule has 0 saturated carbocycles. The van der Waals surface area contributed by atoms with Gasteiger partial charge in [-0.25, -0.2) is 13.2 Å². The summed E-state index contributed by atoms with van der Waals surface area (Å²) in [6, 6.07) is 13.1. The van der Waals surface area contributed by atoms with Crippen molar-refractivity contribution in [2.45, 2.75) is 19.0 Å². The van der Waals surface area contributed by atoms with E-state index in [2.05, 4.69) is 5.32 Å². The van der Waals surface area contributed by atoms with Gasteiger partial charge in [0.25, 0.3) is 0 Å².